The summed E-state index contributed by atoms with van der Waals surface area (Å²) in [5.41, 5.74) is -0.298. The fraction of sp³-hybridized carbons (Fsp3) is 0.667. The van der Waals surface area contributed by atoms with E-state index in [1.54, 1.807) is 0 Å². The van der Waals surface area contributed by atoms with Gasteiger partial charge < -0.3 is 14.7 Å². The van der Waals surface area contributed by atoms with Gasteiger partial charge in [0.2, 0.25) is 6.10 Å². The van der Waals surface area contributed by atoms with Crippen LogP contribution >= 0.6 is 0 Å². The van der Waals surface area contributed by atoms with Crippen molar-refractivity contribution in [2.45, 2.75) is 50.1 Å². The average molecular weight is 426 g/mol. The van der Waals surface area contributed by atoms with E-state index in [1.807, 2.05) is 0 Å². The molecule has 2 heterocycles. The minimum Gasteiger partial charge on any atom is -0.434 e. The number of pyridine rings is 1. The Morgan fingerprint density at radius 1 is 1.21 bits per heavy atom. The molecule has 1 spiro atoms. The lowest BCUT2D eigenvalue weighted by atomic mass is 9.56. The Balaban J connectivity index is 1.50. The molecule has 1 aliphatic heterocycles. The number of likely N-dealkylation sites (tertiary alicyclic amines) is 1. The first-order chi connectivity index (χ1) is 13.4. The molecule has 2 aliphatic rings. The molecule has 2 fully saturated rings. The molecule has 1 aliphatic carbocycles. The van der Waals surface area contributed by atoms with Crippen LogP contribution in [-0.2, 0) is 10.9 Å². The van der Waals surface area contributed by atoms with Crippen LogP contribution in [-0.4, -0.2) is 53.1 Å². The molecule has 0 unspecified atom stereocenters. The van der Waals surface area contributed by atoms with Gasteiger partial charge in [0.1, 0.15) is 5.69 Å². The summed E-state index contributed by atoms with van der Waals surface area (Å²) in [7, 11) is 0. The van der Waals surface area contributed by atoms with Crippen molar-refractivity contribution < 1.29 is 41.0 Å². The summed E-state index contributed by atoms with van der Waals surface area (Å²) in [4.78, 5) is 16.6. The van der Waals surface area contributed by atoms with Crippen LogP contribution in [0.3, 0.4) is 0 Å². The number of alkyl halides is 6. The van der Waals surface area contributed by atoms with Crippen LogP contribution in [0.5, 0.6) is 0 Å². The lowest BCUT2D eigenvalue weighted by Gasteiger charge is -2.52. The molecular formula is C18H20F6N2O3. The standard InChI is InChI=1S/C18H20F6N2O3/c19-17(20,21)13-2-1-11(9-25-13)12-7-16(8-12)3-5-26(6-4-16)15(28)29-14(10-27)18(22,23)24/h1-2,9,12,14,27H,3-8,10H2/t14-/m1/s1. The molecule has 29 heavy (non-hydrogen) atoms. The van der Waals surface area contributed by atoms with Gasteiger partial charge in [-0.1, -0.05) is 6.07 Å². The molecule has 5 nitrogen and oxygen atoms in total. The molecular weight excluding hydrogens is 406 g/mol. The van der Waals surface area contributed by atoms with Crippen LogP contribution in [0.1, 0.15) is 42.9 Å². The number of aromatic nitrogens is 1. The van der Waals surface area contributed by atoms with Crippen molar-refractivity contribution in [2.24, 2.45) is 5.41 Å². The quantitative estimate of drug-likeness (QED) is 0.739. The molecule has 1 amide bonds. The number of rotatable bonds is 3. The minimum absolute atomic E-state index is 0.0762. The van der Waals surface area contributed by atoms with E-state index in [0.717, 1.165) is 24.5 Å². The number of aliphatic hydroxyl groups excluding tert-OH is 1. The van der Waals surface area contributed by atoms with E-state index in [2.05, 4.69) is 9.72 Å². The number of carbonyl (C=O) groups is 1. The Labute approximate surface area is 162 Å². The maximum absolute atomic E-state index is 12.6. The first-order valence-corrected chi connectivity index (χ1v) is 9.10. The lowest BCUT2D eigenvalue weighted by Crippen LogP contribution is -2.50. The van der Waals surface area contributed by atoms with Gasteiger partial charge >= 0.3 is 18.4 Å². The zero-order valence-corrected chi connectivity index (χ0v) is 15.3. The predicted molar refractivity (Wildman–Crippen MR) is 87.9 cm³/mol. The van der Waals surface area contributed by atoms with Gasteiger partial charge in [0.05, 0.1) is 6.61 Å². The molecule has 11 heteroatoms. The first-order valence-electron chi connectivity index (χ1n) is 9.10. The molecule has 1 saturated heterocycles. The molecule has 0 aromatic carbocycles. The summed E-state index contributed by atoms with van der Waals surface area (Å²) in [6.07, 6.45) is -9.15. The number of nitrogens with zero attached hydrogens (tertiary/aromatic N) is 2. The highest BCUT2D eigenvalue weighted by molar-refractivity contribution is 5.68. The van der Waals surface area contributed by atoms with Gasteiger partial charge in [0.25, 0.3) is 0 Å². The summed E-state index contributed by atoms with van der Waals surface area (Å²) in [5.74, 6) is 0.0762. The van der Waals surface area contributed by atoms with Crippen molar-refractivity contribution in [1.82, 2.24) is 9.88 Å². The van der Waals surface area contributed by atoms with Gasteiger partial charge in [-0.2, -0.15) is 26.3 Å². The van der Waals surface area contributed by atoms with Crippen molar-refractivity contribution in [3.05, 3.63) is 29.6 Å². The SMILES string of the molecule is O=C(O[C@H](CO)C(F)(F)F)N1CCC2(CC1)CC(c1ccc(C(F)(F)F)nc1)C2. The molecule has 1 N–H and O–H groups in total. The van der Waals surface area contributed by atoms with Crippen molar-refractivity contribution in [3.8, 4) is 0 Å². The minimum atomic E-state index is -4.84. The molecule has 0 radical (unpaired) electrons. The third-order valence-electron chi connectivity index (χ3n) is 5.76. The van der Waals surface area contributed by atoms with E-state index >= 15 is 0 Å². The molecule has 3 rings (SSSR count). The Morgan fingerprint density at radius 3 is 2.28 bits per heavy atom. The smallest absolute Gasteiger partial charge is 0.433 e. The number of hydrogen-bond donors (Lipinski definition) is 1. The Morgan fingerprint density at radius 2 is 1.83 bits per heavy atom. The maximum Gasteiger partial charge on any atom is 0.433 e. The zero-order valence-electron chi connectivity index (χ0n) is 15.3. The third kappa shape index (κ3) is 4.76. The average Bonchev–Trinajstić information content (AvgIpc) is 2.62. The van der Waals surface area contributed by atoms with Crippen LogP contribution in [0.25, 0.3) is 0 Å². The summed E-state index contributed by atoms with van der Waals surface area (Å²) < 4.78 is 80.0. The number of hydrogen-bond acceptors (Lipinski definition) is 4. The van der Waals surface area contributed by atoms with Gasteiger partial charge in [0, 0.05) is 19.3 Å². The topological polar surface area (TPSA) is 62.7 Å². The van der Waals surface area contributed by atoms with Crippen LogP contribution in [0.2, 0.25) is 0 Å². The summed E-state index contributed by atoms with van der Waals surface area (Å²) in [6, 6.07) is 2.38. The van der Waals surface area contributed by atoms with Crippen molar-refractivity contribution in [3.63, 3.8) is 0 Å². The predicted octanol–water partition coefficient (Wildman–Crippen LogP) is 4.12. The Bertz CT molecular complexity index is 719. The van der Waals surface area contributed by atoms with Gasteiger partial charge in [-0.25, -0.2) is 4.79 Å². The molecule has 0 bridgehead atoms. The van der Waals surface area contributed by atoms with E-state index in [4.69, 9.17) is 5.11 Å². The number of halogens is 6. The second-order valence-electron chi connectivity index (χ2n) is 7.66. The highest BCUT2D eigenvalue weighted by Gasteiger charge is 2.48. The maximum atomic E-state index is 12.6. The van der Waals surface area contributed by atoms with Crippen LogP contribution in [0, 0.1) is 5.41 Å². The molecule has 1 aromatic heterocycles. The largest absolute Gasteiger partial charge is 0.434 e. The fourth-order valence-electron chi connectivity index (χ4n) is 4.01. The third-order valence-corrected chi connectivity index (χ3v) is 5.76. The highest BCUT2D eigenvalue weighted by atomic mass is 19.4. The summed E-state index contributed by atoms with van der Waals surface area (Å²) in [6.45, 7) is -0.879. The van der Waals surface area contributed by atoms with Gasteiger partial charge in [-0.05, 0) is 48.6 Å². The zero-order chi connectivity index (χ0) is 21.4. The number of aliphatic hydroxyl groups is 1. The van der Waals surface area contributed by atoms with Gasteiger partial charge in [-0.15, -0.1) is 0 Å². The van der Waals surface area contributed by atoms with E-state index in [0.29, 0.717) is 12.8 Å². The Hall–Kier alpha value is -2.04. The molecule has 1 saturated carbocycles. The van der Waals surface area contributed by atoms with E-state index in [-0.39, 0.29) is 24.4 Å². The molecule has 1 atom stereocenters. The second-order valence-corrected chi connectivity index (χ2v) is 7.66. The van der Waals surface area contributed by atoms with Crippen LogP contribution in [0.15, 0.2) is 18.3 Å². The second kappa shape index (κ2) is 7.66. The normalized spacial score (nSPS) is 21.0. The Kier molecular flexibility index (Phi) is 5.72. The van der Waals surface area contributed by atoms with E-state index in [9.17, 15) is 31.1 Å². The number of piperidine rings is 1. The number of ether oxygens (including phenoxy) is 1. The number of amides is 1. The summed E-state index contributed by atoms with van der Waals surface area (Å²) in [5, 5.41) is 8.76. The monoisotopic (exact) mass is 426 g/mol. The van der Waals surface area contributed by atoms with Crippen molar-refractivity contribution >= 4 is 6.09 Å². The van der Waals surface area contributed by atoms with Crippen LogP contribution < -0.4 is 0 Å². The highest BCUT2D eigenvalue weighted by Crippen LogP contribution is 2.56. The fourth-order valence-corrected chi connectivity index (χ4v) is 4.01. The van der Waals surface area contributed by atoms with Crippen molar-refractivity contribution in [1.29, 1.82) is 0 Å². The first kappa shape index (κ1) is 21.7. The van der Waals surface area contributed by atoms with E-state index < -0.39 is 36.9 Å². The lowest BCUT2D eigenvalue weighted by molar-refractivity contribution is -0.215. The molecule has 162 valence electrons. The van der Waals surface area contributed by atoms with Crippen molar-refractivity contribution in [2.75, 3.05) is 19.7 Å². The summed E-state index contributed by atoms with van der Waals surface area (Å²) >= 11 is 0. The molecule has 1 aromatic rings. The van der Waals surface area contributed by atoms with Gasteiger partial charge in [0.15, 0.2) is 0 Å². The number of carbonyl (C=O) groups excluding carboxylic acids is 1. The van der Waals surface area contributed by atoms with Gasteiger partial charge in [-0.3, -0.25) is 4.98 Å². The van der Waals surface area contributed by atoms with E-state index in [1.165, 1.54) is 17.2 Å². The van der Waals surface area contributed by atoms with Crippen LogP contribution in [0.4, 0.5) is 31.1 Å².